The van der Waals surface area contributed by atoms with Crippen molar-refractivity contribution in [2.45, 2.75) is 64.1 Å². The molecule has 0 radical (unpaired) electrons. The van der Waals surface area contributed by atoms with Crippen LogP contribution in [0, 0.1) is 5.92 Å². The fourth-order valence-corrected chi connectivity index (χ4v) is 2.98. The van der Waals surface area contributed by atoms with Gasteiger partial charge in [-0.3, -0.25) is 0 Å². The maximum atomic E-state index is 9.62. The van der Waals surface area contributed by atoms with Crippen molar-refractivity contribution in [2.75, 3.05) is 13.2 Å². The largest absolute Gasteiger partial charge is 0.477 e. The minimum absolute atomic E-state index is 0. The number of nitrogens with one attached hydrogen (secondary N) is 2. The van der Waals surface area contributed by atoms with Crippen molar-refractivity contribution in [3.05, 3.63) is 23.9 Å². The molecular weight excluding hydrogens is 443 g/mol. The van der Waals surface area contributed by atoms with Gasteiger partial charge in [-0.2, -0.15) is 0 Å². The summed E-state index contributed by atoms with van der Waals surface area (Å²) in [5, 5.41) is 16.4. The van der Waals surface area contributed by atoms with E-state index in [-0.39, 0.29) is 30.1 Å². The predicted molar refractivity (Wildman–Crippen MR) is 114 cm³/mol. The lowest BCUT2D eigenvalue weighted by atomic mass is 9.93. The Bertz CT molecular complexity index is 555. The van der Waals surface area contributed by atoms with E-state index in [4.69, 9.17) is 4.74 Å². The first-order valence-corrected chi connectivity index (χ1v) is 9.53. The van der Waals surface area contributed by atoms with Crippen LogP contribution in [0.1, 0.15) is 51.0 Å². The third-order valence-corrected chi connectivity index (χ3v) is 4.76. The lowest BCUT2D eigenvalue weighted by Crippen LogP contribution is -2.45. The molecule has 7 heteroatoms. The molecule has 146 valence electrons. The summed E-state index contributed by atoms with van der Waals surface area (Å²) in [7, 11) is 0. The van der Waals surface area contributed by atoms with Crippen molar-refractivity contribution >= 4 is 29.9 Å². The number of aliphatic imine (C=N–C) groups is 1. The highest BCUT2D eigenvalue weighted by Gasteiger charge is 2.22. The van der Waals surface area contributed by atoms with Gasteiger partial charge in [0, 0.05) is 24.8 Å². The van der Waals surface area contributed by atoms with Crippen molar-refractivity contribution in [2.24, 2.45) is 10.9 Å². The number of halogens is 1. The summed E-state index contributed by atoms with van der Waals surface area (Å²) in [5.74, 6) is 2.27. The van der Waals surface area contributed by atoms with E-state index in [0.29, 0.717) is 18.5 Å². The SMILES string of the molecule is CCNC(=NCc1ccc(OCC2CC2)nc1)NC1CCC(O)CC1.I. The Balaban J connectivity index is 0.00000243. The summed E-state index contributed by atoms with van der Waals surface area (Å²) < 4.78 is 5.67. The van der Waals surface area contributed by atoms with E-state index < -0.39 is 0 Å². The molecule has 1 heterocycles. The Labute approximate surface area is 173 Å². The van der Waals surface area contributed by atoms with Crippen LogP contribution in [0.5, 0.6) is 5.88 Å². The van der Waals surface area contributed by atoms with Gasteiger partial charge in [-0.05, 0) is 56.9 Å². The third-order valence-electron chi connectivity index (χ3n) is 4.76. The first-order chi connectivity index (χ1) is 12.2. The van der Waals surface area contributed by atoms with Crippen LogP contribution in [-0.2, 0) is 6.54 Å². The number of nitrogens with zero attached hydrogens (tertiary/aromatic N) is 2. The molecule has 0 aliphatic heterocycles. The molecule has 2 fully saturated rings. The number of guanidine groups is 1. The summed E-state index contributed by atoms with van der Waals surface area (Å²) in [6, 6.07) is 4.34. The van der Waals surface area contributed by atoms with Gasteiger partial charge >= 0.3 is 0 Å². The van der Waals surface area contributed by atoms with Crippen molar-refractivity contribution in [3.8, 4) is 5.88 Å². The number of rotatable bonds is 7. The second kappa shape index (κ2) is 10.9. The first kappa shape index (κ1) is 21.2. The molecule has 3 N–H and O–H groups in total. The van der Waals surface area contributed by atoms with Crippen LogP contribution in [0.25, 0.3) is 0 Å². The minimum Gasteiger partial charge on any atom is -0.477 e. The van der Waals surface area contributed by atoms with Gasteiger partial charge in [0.15, 0.2) is 5.96 Å². The molecule has 3 rings (SSSR count). The summed E-state index contributed by atoms with van der Waals surface area (Å²) in [5.41, 5.74) is 1.06. The molecule has 0 spiro atoms. The Morgan fingerprint density at radius 1 is 1.23 bits per heavy atom. The highest BCUT2D eigenvalue weighted by Crippen LogP contribution is 2.29. The van der Waals surface area contributed by atoms with E-state index in [9.17, 15) is 5.11 Å². The van der Waals surface area contributed by atoms with Crippen molar-refractivity contribution in [1.29, 1.82) is 0 Å². The Kier molecular flexibility index (Phi) is 8.90. The molecule has 0 amide bonds. The van der Waals surface area contributed by atoms with Crippen molar-refractivity contribution < 1.29 is 9.84 Å². The monoisotopic (exact) mass is 474 g/mol. The van der Waals surface area contributed by atoms with Crippen LogP contribution in [-0.4, -0.2) is 41.3 Å². The van der Waals surface area contributed by atoms with E-state index in [1.165, 1.54) is 12.8 Å². The molecule has 1 aromatic rings. The van der Waals surface area contributed by atoms with E-state index in [0.717, 1.165) is 56.3 Å². The van der Waals surface area contributed by atoms with E-state index in [2.05, 4.69) is 27.5 Å². The summed E-state index contributed by atoms with van der Waals surface area (Å²) in [6.45, 7) is 4.26. The van der Waals surface area contributed by atoms with E-state index >= 15 is 0 Å². The van der Waals surface area contributed by atoms with Gasteiger partial charge in [0.1, 0.15) is 0 Å². The van der Waals surface area contributed by atoms with Crippen molar-refractivity contribution in [1.82, 2.24) is 15.6 Å². The smallest absolute Gasteiger partial charge is 0.213 e. The Morgan fingerprint density at radius 3 is 2.62 bits per heavy atom. The summed E-state index contributed by atoms with van der Waals surface area (Å²) in [4.78, 5) is 9.03. The van der Waals surface area contributed by atoms with Gasteiger partial charge < -0.3 is 20.5 Å². The molecule has 0 aromatic carbocycles. The van der Waals surface area contributed by atoms with Gasteiger partial charge in [0.05, 0.1) is 19.3 Å². The molecule has 2 aliphatic rings. The molecule has 6 nitrogen and oxygen atoms in total. The molecule has 1 aromatic heterocycles. The minimum atomic E-state index is -0.135. The number of ether oxygens (including phenoxy) is 1. The zero-order valence-corrected chi connectivity index (χ0v) is 17.8. The quantitative estimate of drug-likeness (QED) is 0.322. The number of aliphatic hydroxyl groups is 1. The average molecular weight is 474 g/mol. The fraction of sp³-hybridized carbons (Fsp3) is 0.684. The second-order valence-electron chi connectivity index (χ2n) is 7.10. The predicted octanol–water partition coefficient (Wildman–Crippen LogP) is 2.85. The third kappa shape index (κ3) is 7.26. The molecular formula is C19H31IN4O2. The highest BCUT2D eigenvalue weighted by atomic mass is 127. The van der Waals surface area contributed by atoms with Crippen LogP contribution in [0.15, 0.2) is 23.3 Å². The topological polar surface area (TPSA) is 78.8 Å². The average Bonchev–Trinajstić information content (AvgIpc) is 3.45. The van der Waals surface area contributed by atoms with Gasteiger partial charge in [-0.25, -0.2) is 9.98 Å². The molecule has 0 unspecified atom stereocenters. The van der Waals surface area contributed by atoms with Gasteiger partial charge in [0.2, 0.25) is 5.88 Å². The van der Waals surface area contributed by atoms with Gasteiger partial charge in [0.25, 0.3) is 0 Å². The van der Waals surface area contributed by atoms with Crippen LogP contribution in [0.4, 0.5) is 0 Å². The van der Waals surface area contributed by atoms with Crippen molar-refractivity contribution in [3.63, 3.8) is 0 Å². The number of aliphatic hydroxyl groups excluding tert-OH is 1. The maximum Gasteiger partial charge on any atom is 0.213 e. The molecule has 2 aliphatic carbocycles. The molecule has 2 saturated carbocycles. The number of aromatic nitrogens is 1. The van der Waals surface area contributed by atoms with Crippen LogP contribution >= 0.6 is 24.0 Å². The lowest BCUT2D eigenvalue weighted by molar-refractivity contribution is 0.120. The Morgan fingerprint density at radius 2 is 2.00 bits per heavy atom. The van der Waals surface area contributed by atoms with E-state index in [1.807, 2.05) is 18.3 Å². The zero-order valence-electron chi connectivity index (χ0n) is 15.5. The zero-order chi connectivity index (χ0) is 17.5. The number of hydrogen-bond acceptors (Lipinski definition) is 4. The molecule has 0 bridgehead atoms. The van der Waals surface area contributed by atoms with Crippen LogP contribution in [0.3, 0.4) is 0 Å². The lowest BCUT2D eigenvalue weighted by Gasteiger charge is -2.27. The van der Waals surface area contributed by atoms with E-state index in [1.54, 1.807) is 0 Å². The highest BCUT2D eigenvalue weighted by molar-refractivity contribution is 14.0. The first-order valence-electron chi connectivity index (χ1n) is 9.53. The summed E-state index contributed by atoms with van der Waals surface area (Å²) in [6.07, 6.45) is 7.98. The molecule has 26 heavy (non-hydrogen) atoms. The second-order valence-corrected chi connectivity index (χ2v) is 7.10. The van der Waals surface area contributed by atoms with Crippen LogP contribution < -0.4 is 15.4 Å². The van der Waals surface area contributed by atoms with Gasteiger partial charge in [-0.15, -0.1) is 24.0 Å². The maximum absolute atomic E-state index is 9.62. The van der Waals surface area contributed by atoms with Gasteiger partial charge in [-0.1, -0.05) is 6.07 Å². The number of hydrogen-bond donors (Lipinski definition) is 3. The van der Waals surface area contributed by atoms with Crippen LogP contribution in [0.2, 0.25) is 0 Å². The summed E-state index contributed by atoms with van der Waals surface area (Å²) >= 11 is 0. The standard InChI is InChI=1S/C19H30N4O2.HI/c1-2-20-19(23-16-6-8-17(24)9-7-16)22-12-15-5-10-18(21-11-15)25-13-14-3-4-14;/h5,10-11,14,16-17,24H,2-4,6-9,12-13H2,1H3,(H2,20,22,23);1H. The normalized spacial score (nSPS) is 23.1. The Hall–Kier alpha value is -1.09. The molecule has 0 atom stereocenters. The fourth-order valence-electron chi connectivity index (χ4n) is 2.98. The number of pyridine rings is 1. The molecule has 0 saturated heterocycles.